The largest absolute Gasteiger partial charge is 0.368 e. The Labute approximate surface area is 163 Å². The fraction of sp³-hybridized carbons (Fsp3) is 0.381. The topological polar surface area (TPSA) is 50.1 Å². The maximum atomic E-state index is 13.7. The van der Waals surface area contributed by atoms with Gasteiger partial charge in [0, 0.05) is 37.6 Å². The SMILES string of the molecule is Cc1cnn(-c2ccc(N3CCC(N4CCc5ccc(F)cc54)CC3)nn2)c1. The molecule has 1 aromatic carbocycles. The lowest BCUT2D eigenvalue weighted by Crippen LogP contribution is -2.44. The molecule has 0 amide bonds. The predicted molar refractivity (Wildman–Crippen MR) is 107 cm³/mol. The third-order valence-corrected chi connectivity index (χ3v) is 5.79. The number of halogens is 1. The van der Waals surface area contributed by atoms with Crippen LogP contribution in [0.4, 0.5) is 15.9 Å². The summed E-state index contributed by atoms with van der Waals surface area (Å²) in [6.45, 7) is 4.85. The van der Waals surface area contributed by atoms with Crippen molar-refractivity contribution in [3.8, 4) is 5.82 Å². The van der Waals surface area contributed by atoms with Crippen LogP contribution in [0.3, 0.4) is 0 Å². The van der Waals surface area contributed by atoms with E-state index in [0.717, 1.165) is 61.8 Å². The van der Waals surface area contributed by atoms with E-state index in [4.69, 9.17) is 0 Å². The molecule has 0 saturated carbocycles. The number of fused-ring (bicyclic) bond motifs is 1. The highest BCUT2D eigenvalue weighted by molar-refractivity contribution is 5.59. The van der Waals surface area contributed by atoms with Crippen LogP contribution in [0.25, 0.3) is 5.82 Å². The summed E-state index contributed by atoms with van der Waals surface area (Å²) in [5.41, 5.74) is 3.44. The van der Waals surface area contributed by atoms with Crippen LogP contribution in [0.2, 0.25) is 0 Å². The number of nitrogens with zero attached hydrogens (tertiary/aromatic N) is 6. The van der Waals surface area contributed by atoms with Crippen molar-refractivity contribution < 1.29 is 4.39 Å². The molecule has 4 heterocycles. The minimum absolute atomic E-state index is 0.147. The van der Waals surface area contributed by atoms with Gasteiger partial charge in [0.05, 0.1) is 6.20 Å². The van der Waals surface area contributed by atoms with Gasteiger partial charge in [-0.15, -0.1) is 10.2 Å². The average Bonchev–Trinajstić information content (AvgIpc) is 3.34. The summed E-state index contributed by atoms with van der Waals surface area (Å²) in [4.78, 5) is 4.68. The maximum Gasteiger partial charge on any atom is 0.175 e. The summed E-state index contributed by atoms with van der Waals surface area (Å²) in [6, 6.07) is 9.62. The van der Waals surface area contributed by atoms with E-state index in [1.54, 1.807) is 16.8 Å². The standard InChI is InChI=1S/C21H23FN6/c1-15-13-23-28(14-15)21-5-4-20(24-25-21)26-9-7-18(8-10-26)27-11-6-16-2-3-17(22)12-19(16)27/h2-5,12-14,18H,6-11H2,1H3. The molecule has 5 rings (SSSR count). The molecular formula is C21H23FN6. The Hall–Kier alpha value is -2.96. The molecule has 0 radical (unpaired) electrons. The molecule has 0 bridgehead atoms. The molecule has 7 heteroatoms. The van der Waals surface area contributed by atoms with E-state index < -0.39 is 0 Å². The third kappa shape index (κ3) is 3.10. The number of hydrogen-bond acceptors (Lipinski definition) is 5. The van der Waals surface area contributed by atoms with Crippen molar-refractivity contribution in [1.82, 2.24) is 20.0 Å². The molecule has 0 spiro atoms. The number of piperidine rings is 1. The highest BCUT2D eigenvalue weighted by atomic mass is 19.1. The normalized spacial score (nSPS) is 17.2. The molecule has 0 atom stereocenters. The highest BCUT2D eigenvalue weighted by Gasteiger charge is 2.30. The van der Waals surface area contributed by atoms with E-state index >= 15 is 0 Å². The van der Waals surface area contributed by atoms with Gasteiger partial charge < -0.3 is 9.80 Å². The number of aryl methyl sites for hydroxylation is 1. The number of hydrogen-bond donors (Lipinski definition) is 0. The molecule has 0 N–H and O–H groups in total. The van der Waals surface area contributed by atoms with Crippen molar-refractivity contribution in [2.24, 2.45) is 0 Å². The van der Waals surface area contributed by atoms with Crippen LogP contribution in [-0.2, 0) is 6.42 Å². The molecule has 6 nitrogen and oxygen atoms in total. The first kappa shape index (κ1) is 17.2. The second kappa shape index (κ2) is 6.89. The van der Waals surface area contributed by atoms with Gasteiger partial charge in [-0.1, -0.05) is 6.07 Å². The molecule has 1 fully saturated rings. The van der Waals surface area contributed by atoms with Crippen molar-refractivity contribution in [1.29, 1.82) is 0 Å². The molecule has 28 heavy (non-hydrogen) atoms. The second-order valence-corrected chi connectivity index (χ2v) is 7.65. The van der Waals surface area contributed by atoms with Gasteiger partial charge >= 0.3 is 0 Å². The highest BCUT2D eigenvalue weighted by Crippen LogP contribution is 2.33. The summed E-state index contributed by atoms with van der Waals surface area (Å²) >= 11 is 0. The molecule has 144 valence electrons. The lowest BCUT2D eigenvalue weighted by molar-refractivity contribution is 0.469. The molecule has 2 aromatic heterocycles. The molecule has 1 saturated heterocycles. The van der Waals surface area contributed by atoms with Gasteiger partial charge in [0.25, 0.3) is 0 Å². The Kier molecular flexibility index (Phi) is 4.22. The van der Waals surface area contributed by atoms with Crippen molar-refractivity contribution in [2.45, 2.75) is 32.2 Å². The first-order valence-corrected chi connectivity index (χ1v) is 9.83. The van der Waals surface area contributed by atoms with Gasteiger partial charge in [0.2, 0.25) is 0 Å². The quantitative estimate of drug-likeness (QED) is 0.701. The van der Waals surface area contributed by atoms with Crippen LogP contribution >= 0.6 is 0 Å². The average molecular weight is 378 g/mol. The summed E-state index contributed by atoms with van der Waals surface area (Å²) in [5.74, 6) is 1.48. The zero-order chi connectivity index (χ0) is 19.1. The molecule has 3 aromatic rings. The van der Waals surface area contributed by atoms with Crippen molar-refractivity contribution >= 4 is 11.5 Å². The van der Waals surface area contributed by atoms with E-state index in [2.05, 4.69) is 25.1 Å². The van der Waals surface area contributed by atoms with Crippen LogP contribution in [0.5, 0.6) is 0 Å². The van der Waals surface area contributed by atoms with Crippen LogP contribution in [0.15, 0.2) is 42.7 Å². The zero-order valence-corrected chi connectivity index (χ0v) is 15.9. The Morgan fingerprint density at radius 1 is 1.00 bits per heavy atom. The van der Waals surface area contributed by atoms with E-state index in [-0.39, 0.29) is 5.82 Å². The van der Waals surface area contributed by atoms with E-state index in [1.165, 1.54) is 5.56 Å². The summed E-state index contributed by atoms with van der Waals surface area (Å²) < 4.78 is 15.4. The first-order chi connectivity index (χ1) is 13.7. The Morgan fingerprint density at radius 2 is 1.79 bits per heavy atom. The van der Waals surface area contributed by atoms with Gasteiger partial charge in [0.1, 0.15) is 5.82 Å². The van der Waals surface area contributed by atoms with Crippen LogP contribution in [-0.4, -0.2) is 45.7 Å². The fourth-order valence-corrected chi connectivity index (χ4v) is 4.31. The first-order valence-electron chi connectivity index (χ1n) is 9.83. The minimum Gasteiger partial charge on any atom is -0.368 e. The maximum absolute atomic E-state index is 13.7. The fourth-order valence-electron chi connectivity index (χ4n) is 4.31. The molecule has 2 aliphatic heterocycles. The van der Waals surface area contributed by atoms with E-state index in [1.807, 2.05) is 37.5 Å². The number of benzene rings is 1. The summed E-state index contributed by atoms with van der Waals surface area (Å²) in [7, 11) is 0. The second-order valence-electron chi connectivity index (χ2n) is 7.65. The smallest absolute Gasteiger partial charge is 0.175 e. The minimum atomic E-state index is -0.147. The van der Waals surface area contributed by atoms with E-state index in [9.17, 15) is 4.39 Å². The van der Waals surface area contributed by atoms with Gasteiger partial charge in [-0.3, -0.25) is 0 Å². The monoisotopic (exact) mass is 378 g/mol. The van der Waals surface area contributed by atoms with Crippen LogP contribution in [0, 0.1) is 12.7 Å². The summed E-state index contributed by atoms with van der Waals surface area (Å²) in [6.07, 6.45) is 6.83. The Bertz CT molecular complexity index is 975. The predicted octanol–water partition coefficient (Wildman–Crippen LogP) is 3.14. The third-order valence-electron chi connectivity index (χ3n) is 5.79. The zero-order valence-electron chi connectivity index (χ0n) is 15.9. The van der Waals surface area contributed by atoms with Crippen LogP contribution < -0.4 is 9.80 Å². The van der Waals surface area contributed by atoms with Crippen molar-refractivity contribution in [3.05, 3.63) is 59.7 Å². The molecule has 0 unspecified atom stereocenters. The van der Waals surface area contributed by atoms with Gasteiger partial charge in [0.15, 0.2) is 11.6 Å². The molecule has 2 aliphatic rings. The lowest BCUT2D eigenvalue weighted by Gasteiger charge is -2.38. The summed E-state index contributed by atoms with van der Waals surface area (Å²) in [5, 5.41) is 13.0. The van der Waals surface area contributed by atoms with Crippen molar-refractivity contribution in [2.75, 3.05) is 29.4 Å². The van der Waals surface area contributed by atoms with Crippen LogP contribution in [0.1, 0.15) is 24.0 Å². The van der Waals surface area contributed by atoms with Gasteiger partial charge in [-0.05, 0) is 61.6 Å². The lowest BCUT2D eigenvalue weighted by atomic mass is 10.0. The van der Waals surface area contributed by atoms with Gasteiger partial charge in [-0.2, -0.15) is 5.10 Å². The van der Waals surface area contributed by atoms with Gasteiger partial charge in [-0.25, -0.2) is 9.07 Å². The molecule has 0 aliphatic carbocycles. The Balaban J connectivity index is 1.25. The van der Waals surface area contributed by atoms with Crippen molar-refractivity contribution in [3.63, 3.8) is 0 Å². The Morgan fingerprint density at radius 3 is 2.50 bits per heavy atom. The number of rotatable bonds is 3. The molecular weight excluding hydrogens is 355 g/mol. The number of anilines is 2. The number of aromatic nitrogens is 4. The van der Waals surface area contributed by atoms with E-state index in [0.29, 0.717) is 6.04 Å².